The van der Waals surface area contributed by atoms with Gasteiger partial charge in [0.25, 0.3) is 0 Å². The Kier molecular flexibility index (Phi) is 6.19. The lowest BCUT2D eigenvalue weighted by Gasteiger charge is -2.09. The Morgan fingerprint density at radius 2 is 1.78 bits per heavy atom. The largest absolute Gasteiger partial charge is 0.321 e. The molecule has 3 heteroatoms. The predicted molar refractivity (Wildman–Crippen MR) is 40.7 cm³/mol. The maximum Gasteiger partial charge on any atom is 0.146 e. The van der Waals surface area contributed by atoms with E-state index in [9.17, 15) is 4.79 Å². The highest BCUT2D eigenvalue weighted by Gasteiger charge is 2.10. The van der Waals surface area contributed by atoms with Gasteiger partial charge in [-0.3, -0.25) is 4.79 Å². The fraction of sp³-hybridized carbons (Fsp3) is 0.833. The molecular formula is C6H14ClNO. The molecular weight excluding hydrogens is 138 g/mol. The minimum atomic E-state index is -0.269. The molecule has 2 N–H and O–H groups in total. The standard InChI is InChI=1S/C6H13NO.ClH/c1-4(2)6(7)5(3)8;/h4,6H,7H2,1-3H3;1H. The van der Waals surface area contributed by atoms with E-state index in [0.717, 1.165) is 0 Å². The van der Waals surface area contributed by atoms with Crippen LogP contribution in [0.5, 0.6) is 0 Å². The second-order valence-corrected chi connectivity index (χ2v) is 2.38. The smallest absolute Gasteiger partial charge is 0.146 e. The quantitative estimate of drug-likeness (QED) is 0.640. The summed E-state index contributed by atoms with van der Waals surface area (Å²) in [6.45, 7) is 5.39. The van der Waals surface area contributed by atoms with Crippen LogP contribution in [0.2, 0.25) is 0 Å². The van der Waals surface area contributed by atoms with E-state index < -0.39 is 0 Å². The van der Waals surface area contributed by atoms with Gasteiger partial charge in [0, 0.05) is 0 Å². The third-order valence-electron chi connectivity index (χ3n) is 1.19. The van der Waals surface area contributed by atoms with Crippen molar-refractivity contribution in [2.24, 2.45) is 11.7 Å². The molecule has 56 valence electrons. The van der Waals surface area contributed by atoms with Gasteiger partial charge in [0.2, 0.25) is 0 Å². The fourth-order valence-corrected chi connectivity index (χ4v) is 0.469. The van der Waals surface area contributed by atoms with Gasteiger partial charge in [-0.1, -0.05) is 13.8 Å². The fourth-order valence-electron chi connectivity index (χ4n) is 0.469. The second kappa shape index (κ2) is 4.77. The first-order valence-electron chi connectivity index (χ1n) is 2.81. The van der Waals surface area contributed by atoms with Gasteiger partial charge in [-0.25, -0.2) is 0 Å². The van der Waals surface area contributed by atoms with Crippen molar-refractivity contribution in [1.29, 1.82) is 0 Å². The van der Waals surface area contributed by atoms with Crippen LogP contribution in [-0.2, 0) is 4.79 Å². The third-order valence-corrected chi connectivity index (χ3v) is 1.19. The minimum Gasteiger partial charge on any atom is -0.321 e. The number of rotatable bonds is 2. The third kappa shape index (κ3) is 4.43. The molecule has 0 radical (unpaired) electrons. The molecule has 0 aliphatic rings. The Morgan fingerprint density at radius 1 is 1.44 bits per heavy atom. The van der Waals surface area contributed by atoms with Gasteiger partial charge in [-0.05, 0) is 12.8 Å². The summed E-state index contributed by atoms with van der Waals surface area (Å²) >= 11 is 0. The summed E-state index contributed by atoms with van der Waals surface area (Å²) < 4.78 is 0. The van der Waals surface area contributed by atoms with Gasteiger partial charge >= 0.3 is 0 Å². The van der Waals surface area contributed by atoms with Crippen molar-refractivity contribution >= 4 is 18.2 Å². The molecule has 9 heavy (non-hydrogen) atoms. The number of ketones is 1. The number of nitrogens with two attached hydrogens (primary N) is 1. The minimum absolute atomic E-state index is 0. The molecule has 0 aliphatic carbocycles. The first kappa shape index (κ1) is 11.7. The molecule has 0 aliphatic heterocycles. The van der Waals surface area contributed by atoms with Crippen molar-refractivity contribution < 1.29 is 4.79 Å². The number of halogens is 1. The van der Waals surface area contributed by atoms with Crippen LogP contribution in [0.4, 0.5) is 0 Å². The molecule has 0 amide bonds. The van der Waals surface area contributed by atoms with Crippen LogP contribution in [0.25, 0.3) is 0 Å². The van der Waals surface area contributed by atoms with E-state index in [2.05, 4.69) is 0 Å². The number of carbonyl (C=O) groups is 1. The van der Waals surface area contributed by atoms with Crippen molar-refractivity contribution in [3.05, 3.63) is 0 Å². The summed E-state index contributed by atoms with van der Waals surface area (Å²) in [7, 11) is 0. The SMILES string of the molecule is CC(=O)C(N)C(C)C.Cl. The van der Waals surface area contributed by atoms with Crippen LogP contribution >= 0.6 is 12.4 Å². The van der Waals surface area contributed by atoms with Gasteiger partial charge in [0.05, 0.1) is 6.04 Å². The summed E-state index contributed by atoms with van der Waals surface area (Å²) in [6.07, 6.45) is 0. The summed E-state index contributed by atoms with van der Waals surface area (Å²) in [6, 6.07) is -0.269. The lowest BCUT2D eigenvalue weighted by Crippen LogP contribution is -2.33. The molecule has 0 aromatic rings. The molecule has 0 saturated heterocycles. The maximum atomic E-state index is 10.5. The second-order valence-electron chi connectivity index (χ2n) is 2.38. The van der Waals surface area contributed by atoms with Gasteiger partial charge in [-0.15, -0.1) is 12.4 Å². The van der Waals surface area contributed by atoms with E-state index in [1.54, 1.807) is 0 Å². The molecule has 2 nitrogen and oxygen atoms in total. The van der Waals surface area contributed by atoms with Gasteiger partial charge < -0.3 is 5.73 Å². The van der Waals surface area contributed by atoms with E-state index in [4.69, 9.17) is 5.73 Å². The van der Waals surface area contributed by atoms with Crippen LogP contribution in [0, 0.1) is 5.92 Å². The van der Waals surface area contributed by atoms with Crippen LogP contribution in [0.3, 0.4) is 0 Å². The molecule has 1 atom stereocenters. The highest BCUT2D eigenvalue weighted by Crippen LogP contribution is 1.97. The van der Waals surface area contributed by atoms with Crippen LogP contribution in [-0.4, -0.2) is 11.8 Å². The molecule has 0 rings (SSSR count). The van der Waals surface area contributed by atoms with Crippen molar-refractivity contribution in [3.8, 4) is 0 Å². The van der Waals surface area contributed by atoms with E-state index in [1.165, 1.54) is 6.92 Å². The monoisotopic (exact) mass is 151 g/mol. The average Bonchev–Trinajstić information content (AvgIpc) is 1.64. The first-order valence-corrected chi connectivity index (χ1v) is 2.81. The summed E-state index contributed by atoms with van der Waals surface area (Å²) in [5, 5.41) is 0. The Balaban J connectivity index is 0. The van der Waals surface area contributed by atoms with Crippen molar-refractivity contribution in [1.82, 2.24) is 0 Å². The molecule has 0 spiro atoms. The van der Waals surface area contributed by atoms with Crippen LogP contribution in [0.1, 0.15) is 20.8 Å². The number of hydrogen-bond donors (Lipinski definition) is 1. The van der Waals surface area contributed by atoms with Crippen molar-refractivity contribution in [3.63, 3.8) is 0 Å². The number of hydrogen-bond acceptors (Lipinski definition) is 2. The highest BCUT2D eigenvalue weighted by atomic mass is 35.5. The van der Waals surface area contributed by atoms with E-state index in [1.807, 2.05) is 13.8 Å². The van der Waals surface area contributed by atoms with Gasteiger partial charge in [0.15, 0.2) is 0 Å². The molecule has 0 saturated carbocycles. The lowest BCUT2D eigenvalue weighted by atomic mass is 10.0. The Labute approximate surface area is 62.2 Å². The van der Waals surface area contributed by atoms with Gasteiger partial charge in [-0.2, -0.15) is 0 Å². The topological polar surface area (TPSA) is 43.1 Å². The molecule has 0 fully saturated rings. The van der Waals surface area contributed by atoms with Gasteiger partial charge in [0.1, 0.15) is 5.78 Å². The summed E-state index contributed by atoms with van der Waals surface area (Å²) in [5.41, 5.74) is 5.41. The highest BCUT2D eigenvalue weighted by molar-refractivity contribution is 5.85. The summed E-state index contributed by atoms with van der Waals surface area (Å²) in [4.78, 5) is 10.5. The molecule has 0 bridgehead atoms. The first-order chi connectivity index (χ1) is 3.55. The Hall–Kier alpha value is -0.0800. The maximum absolute atomic E-state index is 10.5. The molecule has 0 heterocycles. The van der Waals surface area contributed by atoms with Crippen molar-refractivity contribution in [2.75, 3.05) is 0 Å². The number of carbonyl (C=O) groups excluding carboxylic acids is 1. The normalized spacial score (nSPS) is 12.6. The zero-order valence-electron chi connectivity index (χ0n) is 6.05. The zero-order valence-corrected chi connectivity index (χ0v) is 6.87. The van der Waals surface area contributed by atoms with Crippen LogP contribution < -0.4 is 5.73 Å². The zero-order chi connectivity index (χ0) is 6.73. The molecule has 1 unspecified atom stereocenters. The summed E-state index contributed by atoms with van der Waals surface area (Å²) in [5.74, 6) is 0.340. The van der Waals surface area contributed by atoms with E-state index in [-0.39, 0.29) is 30.2 Å². The van der Waals surface area contributed by atoms with E-state index in [0.29, 0.717) is 0 Å². The average molecular weight is 152 g/mol. The van der Waals surface area contributed by atoms with E-state index >= 15 is 0 Å². The molecule has 0 aromatic carbocycles. The van der Waals surface area contributed by atoms with Crippen molar-refractivity contribution in [2.45, 2.75) is 26.8 Å². The Bertz CT molecular complexity index is 93.1. The number of Topliss-reactive ketones (excluding diaryl/α,β-unsaturated/α-hetero) is 1. The molecule has 0 aromatic heterocycles. The Morgan fingerprint density at radius 3 is 1.78 bits per heavy atom. The predicted octanol–water partition coefficient (Wildman–Crippen LogP) is 0.980. The van der Waals surface area contributed by atoms with Crippen LogP contribution in [0.15, 0.2) is 0 Å². The lowest BCUT2D eigenvalue weighted by molar-refractivity contribution is -0.119.